The standard InChI is InChI=1S/C9H5F5N6/c10-1-2(11)4(13)6(5(14)3(1)12)17-18-7-8(15)19-20-9(7)16/h(H5,15,16,19,20). The highest BCUT2D eigenvalue weighted by Gasteiger charge is 2.26. The van der Waals surface area contributed by atoms with Crippen LogP contribution in [0.5, 0.6) is 0 Å². The number of aromatic nitrogens is 2. The third-order valence-electron chi connectivity index (χ3n) is 2.23. The lowest BCUT2D eigenvalue weighted by atomic mass is 10.2. The van der Waals surface area contributed by atoms with Crippen LogP contribution in [-0.4, -0.2) is 10.2 Å². The minimum Gasteiger partial charge on any atom is -0.382 e. The normalized spacial score (nSPS) is 11.4. The first-order valence-electron chi connectivity index (χ1n) is 4.87. The quantitative estimate of drug-likeness (QED) is 0.343. The zero-order valence-corrected chi connectivity index (χ0v) is 9.39. The SMILES string of the molecule is Nc1n[nH]c(N)c1N=Nc1c(F)c(F)c(F)c(F)c1F. The molecule has 1 aromatic heterocycles. The third kappa shape index (κ3) is 2.02. The van der Waals surface area contributed by atoms with Crippen molar-refractivity contribution in [2.75, 3.05) is 11.5 Å². The van der Waals surface area contributed by atoms with Crippen LogP contribution in [0.2, 0.25) is 0 Å². The first kappa shape index (κ1) is 13.7. The summed E-state index contributed by atoms with van der Waals surface area (Å²) in [4.78, 5) is 0. The van der Waals surface area contributed by atoms with Crippen molar-refractivity contribution in [3.8, 4) is 0 Å². The molecule has 0 aliphatic rings. The molecule has 1 heterocycles. The number of anilines is 2. The Morgan fingerprint density at radius 2 is 1.20 bits per heavy atom. The second-order valence-electron chi connectivity index (χ2n) is 3.49. The second kappa shape index (κ2) is 4.75. The summed E-state index contributed by atoms with van der Waals surface area (Å²) in [7, 11) is 0. The topological polar surface area (TPSA) is 105 Å². The first-order valence-corrected chi connectivity index (χ1v) is 4.87. The molecule has 0 fully saturated rings. The van der Waals surface area contributed by atoms with Crippen molar-refractivity contribution < 1.29 is 22.0 Å². The van der Waals surface area contributed by atoms with E-state index in [0.29, 0.717) is 0 Å². The lowest BCUT2D eigenvalue weighted by Crippen LogP contribution is -2.00. The number of aromatic amines is 1. The van der Waals surface area contributed by atoms with Gasteiger partial charge in [0.05, 0.1) is 0 Å². The van der Waals surface area contributed by atoms with Gasteiger partial charge in [-0.2, -0.15) is 5.10 Å². The van der Waals surface area contributed by atoms with Gasteiger partial charge in [0.2, 0.25) is 5.82 Å². The molecule has 1 aromatic carbocycles. The number of nitrogen functional groups attached to an aromatic ring is 2. The highest BCUT2D eigenvalue weighted by Crippen LogP contribution is 2.33. The number of nitrogens with one attached hydrogen (secondary N) is 1. The molecule has 0 aliphatic carbocycles. The number of rotatable bonds is 2. The summed E-state index contributed by atoms with van der Waals surface area (Å²) < 4.78 is 65.1. The first-order chi connectivity index (χ1) is 9.34. The number of azo groups is 1. The summed E-state index contributed by atoms with van der Waals surface area (Å²) in [5.41, 5.74) is 8.87. The fourth-order valence-electron chi connectivity index (χ4n) is 1.25. The van der Waals surface area contributed by atoms with E-state index in [1.807, 2.05) is 0 Å². The summed E-state index contributed by atoms with van der Waals surface area (Å²) in [5.74, 6) is -11.2. The molecule has 2 aromatic rings. The van der Waals surface area contributed by atoms with E-state index in [4.69, 9.17) is 11.5 Å². The highest BCUT2D eigenvalue weighted by molar-refractivity contribution is 5.70. The number of nitrogens with two attached hydrogens (primary N) is 2. The van der Waals surface area contributed by atoms with Gasteiger partial charge in [-0.15, -0.1) is 10.2 Å². The summed E-state index contributed by atoms with van der Waals surface area (Å²) in [6.45, 7) is 0. The van der Waals surface area contributed by atoms with Crippen LogP contribution in [0.25, 0.3) is 0 Å². The molecule has 0 saturated heterocycles. The van der Waals surface area contributed by atoms with Crippen molar-refractivity contribution in [2.24, 2.45) is 10.2 Å². The van der Waals surface area contributed by atoms with Crippen molar-refractivity contribution in [1.29, 1.82) is 0 Å². The largest absolute Gasteiger partial charge is 0.382 e. The fraction of sp³-hybridized carbons (Fsp3) is 0. The van der Waals surface area contributed by atoms with Crippen LogP contribution in [0.15, 0.2) is 10.2 Å². The van der Waals surface area contributed by atoms with Crippen LogP contribution in [0, 0.1) is 29.1 Å². The van der Waals surface area contributed by atoms with Crippen LogP contribution < -0.4 is 11.5 Å². The van der Waals surface area contributed by atoms with E-state index in [-0.39, 0.29) is 17.3 Å². The van der Waals surface area contributed by atoms with Gasteiger partial charge in [0.1, 0.15) is 5.82 Å². The van der Waals surface area contributed by atoms with E-state index in [9.17, 15) is 22.0 Å². The molecule has 11 heteroatoms. The zero-order chi connectivity index (χ0) is 15.0. The number of H-pyrrole nitrogens is 1. The Morgan fingerprint density at radius 1 is 0.750 bits per heavy atom. The summed E-state index contributed by atoms with van der Waals surface area (Å²) in [6.07, 6.45) is 0. The lowest BCUT2D eigenvalue weighted by molar-refractivity contribution is 0.380. The van der Waals surface area contributed by atoms with Gasteiger partial charge in [-0.3, -0.25) is 5.10 Å². The van der Waals surface area contributed by atoms with Gasteiger partial charge in [0, 0.05) is 0 Å². The molecule has 106 valence electrons. The predicted molar refractivity (Wildman–Crippen MR) is 57.8 cm³/mol. The minimum atomic E-state index is -2.29. The van der Waals surface area contributed by atoms with E-state index >= 15 is 0 Å². The highest BCUT2D eigenvalue weighted by atomic mass is 19.2. The maximum absolute atomic E-state index is 13.3. The maximum Gasteiger partial charge on any atom is 0.200 e. The maximum atomic E-state index is 13.3. The Balaban J connectivity index is 2.55. The van der Waals surface area contributed by atoms with Crippen LogP contribution in [0.1, 0.15) is 0 Å². The number of hydrogen-bond donors (Lipinski definition) is 3. The molecule has 0 amide bonds. The van der Waals surface area contributed by atoms with Crippen LogP contribution in [0.4, 0.5) is 45.0 Å². The Labute approximate surface area is 107 Å². The number of halogens is 5. The van der Waals surface area contributed by atoms with Gasteiger partial charge >= 0.3 is 0 Å². The molecule has 0 unspecified atom stereocenters. The summed E-state index contributed by atoms with van der Waals surface area (Å²) in [6, 6.07) is 0. The van der Waals surface area contributed by atoms with Gasteiger partial charge in [-0.05, 0) is 0 Å². The molecule has 6 nitrogen and oxygen atoms in total. The molecule has 0 saturated carbocycles. The summed E-state index contributed by atoms with van der Waals surface area (Å²) >= 11 is 0. The Kier molecular flexibility index (Phi) is 3.26. The molecular formula is C9H5F5N6. The fourth-order valence-corrected chi connectivity index (χ4v) is 1.25. The average Bonchev–Trinajstić information content (AvgIpc) is 2.74. The Morgan fingerprint density at radius 3 is 1.65 bits per heavy atom. The molecular weight excluding hydrogens is 287 g/mol. The van der Waals surface area contributed by atoms with Gasteiger partial charge in [-0.1, -0.05) is 0 Å². The van der Waals surface area contributed by atoms with Crippen LogP contribution in [-0.2, 0) is 0 Å². The van der Waals surface area contributed by atoms with Crippen molar-refractivity contribution in [1.82, 2.24) is 10.2 Å². The van der Waals surface area contributed by atoms with E-state index in [1.54, 1.807) is 0 Å². The molecule has 2 rings (SSSR count). The zero-order valence-electron chi connectivity index (χ0n) is 9.39. The molecule has 0 bridgehead atoms. The molecule has 0 atom stereocenters. The van der Waals surface area contributed by atoms with Gasteiger partial charge in [0.15, 0.2) is 40.5 Å². The van der Waals surface area contributed by atoms with Crippen LogP contribution >= 0.6 is 0 Å². The van der Waals surface area contributed by atoms with E-state index in [1.165, 1.54) is 0 Å². The lowest BCUT2D eigenvalue weighted by Gasteiger charge is -2.02. The summed E-state index contributed by atoms with van der Waals surface area (Å²) in [5, 5.41) is 11.7. The van der Waals surface area contributed by atoms with Crippen molar-refractivity contribution in [3.05, 3.63) is 29.1 Å². The van der Waals surface area contributed by atoms with Crippen molar-refractivity contribution >= 4 is 23.0 Å². The van der Waals surface area contributed by atoms with Gasteiger partial charge < -0.3 is 11.5 Å². The number of nitrogens with zero attached hydrogens (tertiary/aromatic N) is 3. The second-order valence-corrected chi connectivity index (χ2v) is 3.49. The molecule has 5 N–H and O–H groups in total. The Bertz CT molecular complexity index is 661. The predicted octanol–water partition coefficient (Wildman–Crippen LogP) is 2.68. The molecule has 0 spiro atoms. The smallest absolute Gasteiger partial charge is 0.200 e. The van der Waals surface area contributed by atoms with E-state index < -0.39 is 34.8 Å². The monoisotopic (exact) mass is 292 g/mol. The van der Waals surface area contributed by atoms with Crippen LogP contribution in [0.3, 0.4) is 0 Å². The van der Waals surface area contributed by atoms with Gasteiger partial charge in [-0.25, -0.2) is 22.0 Å². The van der Waals surface area contributed by atoms with Crippen molar-refractivity contribution in [2.45, 2.75) is 0 Å². The Hall–Kier alpha value is -2.72. The molecule has 0 radical (unpaired) electrons. The average molecular weight is 292 g/mol. The third-order valence-corrected chi connectivity index (χ3v) is 2.23. The minimum absolute atomic E-state index is 0.185. The van der Waals surface area contributed by atoms with E-state index in [2.05, 4.69) is 20.4 Å². The van der Waals surface area contributed by atoms with E-state index in [0.717, 1.165) is 0 Å². The van der Waals surface area contributed by atoms with Crippen molar-refractivity contribution in [3.63, 3.8) is 0 Å². The number of hydrogen-bond acceptors (Lipinski definition) is 5. The number of benzene rings is 1. The van der Waals surface area contributed by atoms with Gasteiger partial charge in [0.25, 0.3) is 0 Å². The molecule has 20 heavy (non-hydrogen) atoms. The molecule has 0 aliphatic heterocycles.